The fraction of sp³-hybridized carbons (Fsp3) is 0. The Morgan fingerprint density at radius 3 is 1.34 bits per heavy atom. The fourth-order valence-corrected chi connectivity index (χ4v) is 6.00. The maximum Gasteiger partial charge on any atom is 0.0629 e. The van der Waals surface area contributed by atoms with Crippen LogP contribution in [0.15, 0.2) is 200 Å². The summed E-state index contributed by atoms with van der Waals surface area (Å²) in [5, 5.41) is -0.00583. The molecular formula is C46H33N. The van der Waals surface area contributed by atoms with Crippen LogP contribution in [0.4, 0.5) is 17.1 Å². The third kappa shape index (κ3) is 5.83. The van der Waals surface area contributed by atoms with Crippen molar-refractivity contribution in [2.24, 2.45) is 0 Å². The average Bonchev–Trinajstić information content (AvgIpc) is 3.22. The van der Waals surface area contributed by atoms with E-state index in [2.05, 4.69) is 102 Å². The van der Waals surface area contributed by atoms with E-state index >= 15 is 0 Å². The molecule has 8 aromatic rings. The second-order valence-corrected chi connectivity index (χ2v) is 11.3. The smallest absolute Gasteiger partial charge is 0.0629 e. The molecule has 0 aromatic heterocycles. The number of hydrogen-bond acceptors (Lipinski definition) is 1. The Morgan fingerprint density at radius 1 is 0.340 bits per heavy atom. The van der Waals surface area contributed by atoms with Gasteiger partial charge in [0.05, 0.1) is 9.60 Å². The highest BCUT2D eigenvalue weighted by molar-refractivity contribution is 5.97. The van der Waals surface area contributed by atoms with E-state index in [1.165, 1.54) is 0 Å². The van der Waals surface area contributed by atoms with Crippen molar-refractivity contribution in [3.63, 3.8) is 0 Å². The van der Waals surface area contributed by atoms with Gasteiger partial charge in [-0.1, -0.05) is 164 Å². The highest BCUT2D eigenvalue weighted by Gasteiger charge is 2.15. The van der Waals surface area contributed by atoms with E-state index in [-0.39, 0.29) is 28.4 Å². The van der Waals surface area contributed by atoms with Gasteiger partial charge in [-0.25, -0.2) is 0 Å². The minimum atomic E-state index is -0.474. The van der Waals surface area contributed by atoms with E-state index in [1.807, 2.05) is 54.6 Å². The standard InChI is InChI=1S/C46H33N/c1-3-11-34(12-4-1)36-21-23-37(24-22-36)39-27-31-43(32-28-39)47(42-29-25-38(26-30-42)35-13-5-2-6-14-35)44-18-9-17-41(33-44)46-20-10-16-40-15-7-8-19-45(40)46/h1-33H/i7D,8D,10D,15D,16D,19D,20D. The van der Waals surface area contributed by atoms with Gasteiger partial charge in [-0.2, -0.15) is 0 Å². The van der Waals surface area contributed by atoms with Gasteiger partial charge in [0, 0.05) is 17.1 Å². The van der Waals surface area contributed by atoms with Gasteiger partial charge >= 0.3 is 0 Å². The first-order valence-corrected chi connectivity index (χ1v) is 15.5. The zero-order valence-electron chi connectivity index (χ0n) is 32.5. The molecule has 0 atom stereocenters. The van der Waals surface area contributed by atoms with Crippen molar-refractivity contribution in [1.29, 1.82) is 0 Å². The number of hydrogen-bond donors (Lipinski definition) is 0. The Kier molecular flexibility index (Phi) is 5.81. The monoisotopic (exact) mass is 606 g/mol. The SMILES string of the molecule is [2H]c1c([2H])c([2H])c2c(-c3cccc(N(c4ccc(-c5ccccc5)cc4)c4ccc(-c5ccc(-c6ccccc6)cc5)cc4)c3)c([2H])c([2H])c([2H])c2c1[2H]. The summed E-state index contributed by atoms with van der Waals surface area (Å²) in [4.78, 5) is 2.10. The minimum Gasteiger partial charge on any atom is -0.310 e. The molecule has 8 rings (SSSR count). The van der Waals surface area contributed by atoms with Crippen LogP contribution in [0.25, 0.3) is 55.3 Å². The predicted octanol–water partition coefficient (Wildman–Crippen LogP) is 13.0. The van der Waals surface area contributed by atoms with Crippen molar-refractivity contribution in [1.82, 2.24) is 0 Å². The Labute approximate surface area is 286 Å². The second kappa shape index (κ2) is 12.7. The van der Waals surface area contributed by atoms with Gasteiger partial charge in [0.2, 0.25) is 0 Å². The molecule has 0 fully saturated rings. The summed E-state index contributed by atoms with van der Waals surface area (Å²) < 4.78 is 60.1. The van der Waals surface area contributed by atoms with E-state index in [0.29, 0.717) is 5.56 Å². The van der Waals surface area contributed by atoms with Crippen LogP contribution in [0.2, 0.25) is 0 Å². The topological polar surface area (TPSA) is 3.24 Å². The Morgan fingerprint density at radius 2 is 0.787 bits per heavy atom. The lowest BCUT2D eigenvalue weighted by atomic mass is 9.97. The molecule has 0 unspecified atom stereocenters. The van der Waals surface area contributed by atoms with Crippen molar-refractivity contribution >= 4 is 27.8 Å². The highest BCUT2D eigenvalue weighted by atomic mass is 15.1. The van der Waals surface area contributed by atoms with Crippen LogP contribution in [0.3, 0.4) is 0 Å². The fourth-order valence-electron chi connectivity index (χ4n) is 6.00. The Balaban J connectivity index is 1.25. The molecule has 8 aromatic carbocycles. The molecule has 0 N–H and O–H groups in total. The number of nitrogens with zero attached hydrogens (tertiary/aromatic N) is 1. The molecule has 222 valence electrons. The van der Waals surface area contributed by atoms with Gasteiger partial charge in [0.1, 0.15) is 0 Å². The van der Waals surface area contributed by atoms with Crippen molar-refractivity contribution < 1.29 is 9.60 Å². The van der Waals surface area contributed by atoms with Crippen molar-refractivity contribution in [3.8, 4) is 44.5 Å². The quantitative estimate of drug-likeness (QED) is 0.174. The first-order chi connectivity index (χ1) is 26.2. The van der Waals surface area contributed by atoms with Crippen LogP contribution < -0.4 is 4.90 Å². The van der Waals surface area contributed by atoms with Crippen LogP contribution in [0.5, 0.6) is 0 Å². The van der Waals surface area contributed by atoms with Gasteiger partial charge < -0.3 is 4.90 Å². The summed E-state index contributed by atoms with van der Waals surface area (Å²) in [6.45, 7) is 0. The van der Waals surface area contributed by atoms with E-state index in [0.717, 1.165) is 50.4 Å². The lowest BCUT2D eigenvalue weighted by Crippen LogP contribution is -2.10. The summed E-state index contributed by atoms with van der Waals surface area (Å²) in [5.74, 6) is 0. The molecule has 0 bridgehead atoms. The number of rotatable bonds is 7. The second-order valence-electron chi connectivity index (χ2n) is 11.3. The molecule has 0 radical (unpaired) electrons. The molecule has 0 aliphatic rings. The third-order valence-electron chi connectivity index (χ3n) is 8.39. The van der Waals surface area contributed by atoms with Gasteiger partial charge in [0.15, 0.2) is 0 Å². The van der Waals surface area contributed by atoms with Gasteiger partial charge in [-0.3, -0.25) is 0 Å². The first-order valence-electron chi connectivity index (χ1n) is 19.0. The van der Waals surface area contributed by atoms with Crippen LogP contribution >= 0.6 is 0 Å². The van der Waals surface area contributed by atoms with Crippen LogP contribution in [-0.4, -0.2) is 0 Å². The summed E-state index contributed by atoms with van der Waals surface area (Å²) in [5.41, 5.74) is 9.83. The zero-order chi connectivity index (χ0) is 37.5. The molecular weight excluding hydrogens is 567 g/mol. The molecule has 0 aliphatic carbocycles. The minimum absolute atomic E-state index is 0.0607. The molecule has 0 spiro atoms. The maximum atomic E-state index is 8.95. The van der Waals surface area contributed by atoms with Crippen LogP contribution in [0.1, 0.15) is 9.60 Å². The van der Waals surface area contributed by atoms with Crippen LogP contribution in [0, 0.1) is 0 Å². The summed E-state index contributed by atoms with van der Waals surface area (Å²) in [7, 11) is 0. The van der Waals surface area contributed by atoms with E-state index in [4.69, 9.17) is 9.60 Å². The molecule has 0 saturated heterocycles. The van der Waals surface area contributed by atoms with Crippen molar-refractivity contribution in [2.45, 2.75) is 0 Å². The molecule has 0 aliphatic heterocycles. The molecule has 0 saturated carbocycles. The number of fused-ring (bicyclic) bond motifs is 1. The molecule has 0 heterocycles. The molecule has 0 amide bonds. The van der Waals surface area contributed by atoms with E-state index in [9.17, 15) is 0 Å². The highest BCUT2D eigenvalue weighted by Crippen LogP contribution is 2.39. The van der Waals surface area contributed by atoms with Crippen LogP contribution in [-0.2, 0) is 0 Å². The summed E-state index contributed by atoms with van der Waals surface area (Å²) in [6, 6.07) is 50.3. The molecule has 47 heavy (non-hydrogen) atoms. The predicted molar refractivity (Wildman–Crippen MR) is 200 cm³/mol. The van der Waals surface area contributed by atoms with Crippen molar-refractivity contribution in [3.05, 3.63) is 200 Å². The number of anilines is 3. The van der Waals surface area contributed by atoms with Gasteiger partial charge in [-0.15, -0.1) is 0 Å². The number of benzene rings is 8. The van der Waals surface area contributed by atoms with Gasteiger partial charge in [-0.05, 0) is 91.7 Å². The maximum absolute atomic E-state index is 8.95. The lowest BCUT2D eigenvalue weighted by Gasteiger charge is -2.26. The van der Waals surface area contributed by atoms with Crippen molar-refractivity contribution in [2.75, 3.05) is 4.90 Å². The summed E-state index contributed by atoms with van der Waals surface area (Å²) >= 11 is 0. The first kappa shape index (κ1) is 21.5. The zero-order valence-corrected chi connectivity index (χ0v) is 25.5. The third-order valence-corrected chi connectivity index (χ3v) is 8.39. The van der Waals surface area contributed by atoms with E-state index < -0.39 is 30.2 Å². The molecule has 1 heteroatoms. The Bertz CT molecular complexity index is 2640. The average molecular weight is 607 g/mol. The van der Waals surface area contributed by atoms with E-state index in [1.54, 1.807) is 6.07 Å². The largest absolute Gasteiger partial charge is 0.310 e. The van der Waals surface area contributed by atoms with Gasteiger partial charge in [0.25, 0.3) is 0 Å². The normalized spacial score (nSPS) is 13.1. The summed E-state index contributed by atoms with van der Waals surface area (Å²) in [6.07, 6.45) is 0. The Hall–Kier alpha value is -6.18. The molecule has 1 nitrogen and oxygen atoms in total. The lowest BCUT2D eigenvalue weighted by molar-refractivity contribution is 1.28.